The Bertz CT molecular complexity index is 229. The van der Waals surface area contributed by atoms with Gasteiger partial charge in [0, 0.05) is 13.1 Å². The van der Waals surface area contributed by atoms with Gasteiger partial charge >= 0.3 is 0 Å². The van der Waals surface area contributed by atoms with Crippen LogP contribution in [-0.4, -0.2) is 49.7 Å². The first-order chi connectivity index (χ1) is 8.85. The molecule has 4 heteroatoms. The van der Waals surface area contributed by atoms with Crippen LogP contribution in [0, 0.1) is 0 Å². The van der Waals surface area contributed by atoms with Gasteiger partial charge in [0.1, 0.15) is 0 Å². The Morgan fingerprint density at radius 3 is 2.78 bits per heavy atom. The number of ether oxygens (including phenoxy) is 2. The molecule has 4 nitrogen and oxygen atoms in total. The Kier molecular flexibility index (Phi) is 5.89. The highest BCUT2D eigenvalue weighted by molar-refractivity contribution is 4.91. The zero-order chi connectivity index (χ0) is 12.7. The van der Waals surface area contributed by atoms with E-state index in [1.165, 1.54) is 44.9 Å². The molecule has 2 rings (SSSR count). The van der Waals surface area contributed by atoms with Crippen molar-refractivity contribution in [1.82, 2.24) is 5.32 Å². The van der Waals surface area contributed by atoms with Crippen LogP contribution in [0.25, 0.3) is 0 Å². The van der Waals surface area contributed by atoms with Crippen LogP contribution in [0.5, 0.6) is 0 Å². The SMILES string of the molecule is OCCOCCNCC1CCC2(CCCCC2)O1. The lowest BCUT2D eigenvalue weighted by Gasteiger charge is -2.33. The van der Waals surface area contributed by atoms with E-state index in [-0.39, 0.29) is 12.2 Å². The average Bonchev–Trinajstić information content (AvgIpc) is 2.78. The Morgan fingerprint density at radius 1 is 1.17 bits per heavy atom. The second kappa shape index (κ2) is 7.43. The van der Waals surface area contributed by atoms with Crippen molar-refractivity contribution >= 4 is 0 Å². The Hall–Kier alpha value is -0.160. The van der Waals surface area contributed by atoms with Crippen molar-refractivity contribution in [2.75, 3.05) is 32.9 Å². The van der Waals surface area contributed by atoms with Crippen LogP contribution in [0.15, 0.2) is 0 Å². The lowest BCUT2D eigenvalue weighted by Crippen LogP contribution is -2.35. The molecule has 1 aliphatic heterocycles. The van der Waals surface area contributed by atoms with E-state index in [1.54, 1.807) is 0 Å². The summed E-state index contributed by atoms with van der Waals surface area (Å²) in [5.41, 5.74) is 0.234. The predicted octanol–water partition coefficient (Wildman–Crippen LogP) is 1.47. The normalized spacial score (nSPS) is 26.8. The van der Waals surface area contributed by atoms with Gasteiger partial charge in [-0.25, -0.2) is 0 Å². The first-order valence-corrected chi connectivity index (χ1v) is 7.42. The van der Waals surface area contributed by atoms with Gasteiger partial charge in [-0.3, -0.25) is 0 Å². The summed E-state index contributed by atoms with van der Waals surface area (Å²) in [5, 5.41) is 11.9. The minimum Gasteiger partial charge on any atom is -0.394 e. The van der Waals surface area contributed by atoms with E-state index in [1.807, 2.05) is 0 Å². The summed E-state index contributed by atoms with van der Waals surface area (Å²) in [6.07, 6.45) is 9.44. The molecule has 1 saturated carbocycles. The number of rotatable bonds is 7. The lowest BCUT2D eigenvalue weighted by atomic mass is 9.83. The van der Waals surface area contributed by atoms with E-state index in [9.17, 15) is 0 Å². The molecule has 1 aliphatic carbocycles. The third kappa shape index (κ3) is 4.19. The molecule has 0 bridgehead atoms. The molecule has 0 aromatic heterocycles. The molecule has 2 aliphatic rings. The number of aliphatic hydroxyl groups excluding tert-OH is 1. The molecule has 106 valence electrons. The molecular weight excluding hydrogens is 230 g/mol. The molecule has 2 N–H and O–H groups in total. The maximum absolute atomic E-state index is 8.57. The molecule has 1 atom stereocenters. The second-order valence-electron chi connectivity index (χ2n) is 5.56. The van der Waals surface area contributed by atoms with Crippen LogP contribution in [0.2, 0.25) is 0 Å². The first kappa shape index (κ1) is 14.3. The standard InChI is InChI=1S/C14H27NO3/c16-9-11-17-10-8-15-12-13-4-7-14(18-13)5-2-1-3-6-14/h13,15-16H,1-12H2. The minimum absolute atomic E-state index is 0.105. The van der Waals surface area contributed by atoms with Crippen LogP contribution in [0.1, 0.15) is 44.9 Å². The third-order valence-electron chi connectivity index (χ3n) is 4.13. The molecule has 18 heavy (non-hydrogen) atoms. The molecular formula is C14H27NO3. The van der Waals surface area contributed by atoms with Gasteiger partial charge in [-0.2, -0.15) is 0 Å². The summed E-state index contributed by atoms with van der Waals surface area (Å²) in [4.78, 5) is 0. The third-order valence-corrected chi connectivity index (χ3v) is 4.13. The van der Waals surface area contributed by atoms with Crippen molar-refractivity contribution in [2.45, 2.75) is 56.7 Å². The summed E-state index contributed by atoms with van der Waals surface area (Å²) >= 11 is 0. The van der Waals surface area contributed by atoms with Gasteiger partial charge in [-0.05, 0) is 25.7 Å². The molecule has 2 fully saturated rings. The molecule has 1 spiro atoms. The highest BCUT2D eigenvalue weighted by atomic mass is 16.5. The van der Waals surface area contributed by atoms with Crippen molar-refractivity contribution in [3.63, 3.8) is 0 Å². The number of hydrogen-bond acceptors (Lipinski definition) is 4. The smallest absolute Gasteiger partial charge is 0.0708 e. The summed E-state index contributed by atoms with van der Waals surface area (Å²) in [6.45, 7) is 2.98. The minimum atomic E-state index is 0.105. The van der Waals surface area contributed by atoms with Crippen molar-refractivity contribution in [2.24, 2.45) is 0 Å². The number of hydrogen-bond donors (Lipinski definition) is 2. The van der Waals surface area contributed by atoms with Crippen LogP contribution in [-0.2, 0) is 9.47 Å². The van der Waals surface area contributed by atoms with E-state index in [2.05, 4.69) is 5.32 Å². The zero-order valence-corrected chi connectivity index (χ0v) is 11.3. The van der Waals surface area contributed by atoms with Gasteiger partial charge in [-0.1, -0.05) is 19.3 Å². The molecule has 0 amide bonds. The molecule has 1 unspecified atom stereocenters. The van der Waals surface area contributed by atoms with E-state index >= 15 is 0 Å². The maximum Gasteiger partial charge on any atom is 0.0708 e. The highest BCUT2D eigenvalue weighted by Gasteiger charge is 2.40. The van der Waals surface area contributed by atoms with Crippen LogP contribution >= 0.6 is 0 Å². The summed E-state index contributed by atoms with van der Waals surface area (Å²) < 4.78 is 11.5. The summed E-state index contributed by atoms with van der Waals surface area (Å²) in [5.74, 6) is 0. The van der Waals surface area contributed by atoms with Crippen LogP contribution in [0.4, 0.5) is 0 Å². The fourth-order valence-electron chi connectivity index (χ4n) is 3.18. The highest BCUT2D eigenvalue weighted by Crippen LogP contribution is 2.41. The van der Waals surface area contributed by atoms with Gasteiger partial charge in [0.2, 0.25) is 0 Å². The molecule has 0 radical (unpaired) electrons. The summed E-state index contributed by atoms with van der Waals surface area (Å²) in [6, 6.07) is 0. The van der Waals surface area contributed by atoms with E-state index in [0.717, 1.165) is 13.1 Å². The number of nitrogens with one attached hydrogen (secondary N) is 1. The quantitative estimate of drug-likeness (QED) is 0.678. The van der Waals surface area contributed by atoms with Crippen molar-refractivity contribution in [3.8, 4) is 0 Å². The zero-order valence-electron chi connectivity index (χ0n) is 11.3. The fraction of sp³-hybridized carbons (Fsp3) is 1.00. The van der Waals surface area contributed by atoms with Crippen molar-refractivity contribution in [1.29, 1.82) is 0 Å². The second-order valence-corrected chi connectivity index (χ2v) is 5.56. The lowest BCUT2D eigenvalue weighted by molar-refractivity contribution is -0.0626. The van der Waals surface area contributed by atoms with Gasteiger partial charge in [-0.15, -0.1) is 0 Å². The summed E-state index contributed by atoms with van der Waals surface area (Å²) in [7, 11) is 0. The van der Waals surface area contributed by atoms with Gasteiger partial charge in [0.25, 0.3) is 0 Å². The fourth-order valence-corrected chi connectivity index (χ4v) is 3.18. The molecule has 0 aromatic carbocycles. The molecule has 1 heterocycles. The topological polar surface area (TPSA) is 50.7 Å². The largest absolute Gasteiger partial charge is 0.394 e. The monoisotopic (exact) mass is 257 g/mol. The van der Waals surface area contributed by atoms with E-state index in [0.29, 0.717) is 19.3 Å². The van der Waals surface area contributed by atoms with E-state index < -0.39 is 0 Å². The van der Waals surface area contributed by atoms with Crippen molar-refractivity contribution in [3.05, 3.63) is 0 Å². The van der Waals surface area contributed by atoms with Crippen LogP contribution in [0.3, 0.4) is 0 Å². The number of aliphatic hydroxyl groups is 1. The van der Waals surface area contributed by atoms with E-state index in [4.69, 9.17) is 14.6 Å². The Balaban J connectivity index is 1.55. The Morgan fingerprint density at radius 2 is 2.00 bits per heavy atom. The van der Waals surface area contributed by atoms with Crippen LogP contribution < -0.4 is 5.32 Å². The Labute approximate surface area is 110 Å². The van der Waals surface area contributed by atoms with Gasteiger partial charge in [0.15, 0.2) is 0 Å². The van der Waals surface area contributed by atoms with Gasteiger partial charge in [0.05, 0.1) is 31.5 Å². The maximum atomic E-state index is 8.57. The van der Waals surface area contributed by atoms with Crippen molar-refractivity contribution < 1.29 is 14.6 Å². The molecule has 0 aromatic rings. The molecule has 1 saturated heterocycles. The van der Waals surface area contributed by atoms with Gasteiger partial charge < -0.3 is 19.9 Å². The predicted molar refractivity (Wildman–Crippen MR) is 70.7 cm³/mol. The first-order valence-electron chi connectivity index (χ1n) is 7.42. The average molecular weight is 257 g/mol.